The molecule has 0 saturated carbocycles. The van der Waals surface area contributed by atoms with Crippen molar-refractivity contribution in [2.24, 2.45) is 0 Å². The predicted octanol–water partition coefficient (Wildman–Crippen LogP) is 0.667. The van der Waals surface area contributed by atoms with Gasteiger partial charge in [0.2, 0.25) is 0 Å². The van der Waals surface area contributed by atoms with Crippen LogP contribution in [0.3, 0.4) is 0 Å². The second-order valence-electron chi connectivity index (χ2n) is 6.38. The Kier molecular flexibility index (Phi) is 6.68. The number of urea groups is 1. The minimum atomic E-state index is -0.649. The Bertz CT molecular complexity index is 604. The van der Waals surface area contributed by atoms with Gasteiger partial charge in [0, 0.05) is 64.1 Å². The number of rotatable bonds is 6. The van der Waals surface area contributed by atoms with E-state index in [1.807, 2.05) is 0 Å². The highest BCUT2D eigenvalue weighted by atomic mass is 16.6. The van der Waals surface area contributed by atoms with E-state index in [-0.39, 0.29) is 12.2 Å². The lowest BCUT2D eigenvalue weighted by molar-refractivity contribution is -0.384. The fourth-order valence-corrected chi connectivity index (χ4v) is 2.70. The molecule has 9 nitrogen and oxygen atoms in total. The fraction of sp³-hybridized carbons (Fsp3) is 0.562. The Morgan fingerprint density at radius 3 is 2.72 bits per heavy atom. The summed E-state index contributed by atoms with van der Waals surface area (Å²) in [5.41, 5.74) is 0.259. The molecular formula is C16H25N5O4. The highest BCUT2D eigenvalue weighted by Crippen LogP contribution is 2.17. The van der Waals surface area contributed by atoms with Gasteiger partial charge in [0.25, 0.3) is 5.69 Å². The number of likely N-dealkylation sites (N-methyl/N-ethyl adjacent to an activating group) is 2. The SMILES string of the molecule is CN1CCN(CC(O)CN(C)C(=O)Nc2cccc([N+](=O)[O-])c2)CC1. The van der Waals surface area contributed by atoms with Gasteiger partial charge < -0.3 is 20.2 Å². The molecule has 2 N–H and O–H groups in total. The number of anilines is 1. The topological polar surface area (TPSA) is 102 Å². The van der Waals surface area contributed by atoms with Crippen molar-refractivity contribution in [1.82, 2.24) is 14.7 Å². The number of nitrogens with zero attached hydrogens (tertiary/aromatic N) is 4. The van der Waals surface area contributed by atoms with Gasteiger partial charge in [-0.25, -0.2) is 4.79 Å². The van der Waals surface area contributed by atoms with Crippen LogP contribution in [0.25, 0.3) is 0 Å². The van der Waals surface area contributed by atoms with Gasteiger partial charge in [0.1, 0.15) is 0 Å². The van der Waals surface area contributed by atoms with Crippen LogP contribution in [0.5, 0.6) is 0 Å². The lowest BCUT2D eigenvalue weighted by atomic mass is 10.2. The Morgan fingerprint density at radius 1 is 1.40 bits per heavy atom. The molecule has 1 aromatic carbocycles. The lowest BCUT2D eigenvalue weighted by Crippen LogP contribution is -2.49. The minimum Gasteiger partial charge on any atom is -0.390 e. The molecule has 0 radical (unpaired) electrons. The normalized spacial score (nSPS) is 17.1. The summed E-state index contributed by atoms with van der Waals surface area (Å²) in [7, 11) is 3.65. The highest BCUT2D eigenvalue weighted by Gasteiger charge is 2.20. The number of nitro groups is 1. The molecule has 9 heteroatoms. The third kappa shape index (κ3) is 5.96. The monoisotopic (exact) mass is 351 g/mol. The standard InChI is InChI=1S/C16H25N5O4/c1-18-6-8-20(9-7-18)12-15(22)11-19(2)16(23)17-13-4-3-5-14(10-13)21(24)25/h3-5,10,15,22H,6-9,11-12H2,1-2H3,(H,17,23). The van der Waals surface area contributed by atoms with E-state index >= 15 is 0 Å². The maximum atomic E-state index is 12.2. The average Bonchev–Trinajstić information content (AvgIpc) is 2.57. The summed E-state index contributed by atoms with van der Waals surface area (Å²) < 4.78 is 0. The molecule has 1 unspecified atom stereocenters. The molecule has 1 atom stereocenters. The molecule has 2 amide bonds. The summed E-state index contributed by atoms with van der Waals surface area (Å²) in [6.45, 7) is 4.44. The molecule has 1 fully saturated rings. The molecular weight excluding hydrogens is 326 g/mol. The molecule has 25 heavy (non-hydrogen) atoms. The van der Waals surface area contributed by atoms with E-state index in [0.717, 1.165) is 26.2 Å². The lowest BCUT2D eigenvalue weighted by Gasteiger charge is -2.34. The van der Waals surface area contributed by atoms with Crippen LogP contribution >= 0.6 is 0 Å². The highest BCUT2D eigenvalue weighted by molar-refractivity contribution is 5.89. The Labute approximate surface area is 147 Å². The summed E-state index contributed by atoms with van der Waals surface area (Å²) >= 11 is 0. The second kappa shape index (κ2) is 8.75. The number of aliphatic hydroxyl groups is 1. The van der Waals surface area contributed by atoms with E-state index in [1.165, 1.54) is 23.1 Å². The number of hydrogen-bond donors (Lipinski definition) is 2. The number of benzene rings is 1. The molecule has 1 aliphatic heterocycles. The first kappa shape index (κ1) is 19.1. The summed E-state index contributed by atoms with van der Waals surface area (Å²) in [5, 5.41) is 23.6. The molecule has 2 rings (SSSR count). The quantitative estimate of drug-likeness (QED) is 0.577. The van der Waals surface area contributed by atoms with Gasteiger partial charge >= 0.3 is 6.03 Å². The summed E-state index contributed by atoms with van der Waals surface area (Å²) in [5.74, 6) is 0. The summed E-state index contributed by atoms with van der Waals surface area (Å²) in [4.78, 5) is 28.2. The first-order valence-corrected chi connectivity index (χ1v) is 8.20. The molecule has 1 aromatic rings. The number of carbonyl (C=O) groups excluding carboxylic acids is 1. The average molecular weight is 351 g/mol. The first-order chi connectivity index (χ1) is 11.8. The number of aliphatic hydroxyl groups excluding tert-OH is 1. The maximum absolute atomic E-state index is 12.2. The van der Waals surface area contributed by atoms with E-state index < -0.39 is 17.1 Å². The maximum Gasteiger partial charge on any atom is 0.321 e. The largest absolute Gasteiger partial charge is 0.390 e. The van der Waals surface area contributed by atoms with Crippen molar-refractivity contribution in [2.75, 3.05) is 58.7 Å². The van der Waals surface area contributed by atoms with Crippen molar-refractivity contribution in [2.45, 2.75) is 6.10 Å². The number of nitro benzene ring substituents is 1. The van der Waals surface area contributed by atoms with Crippen LogP contribution in [-0.2, 0) is 0 Å². The van der Waals surface area contributed by atoms with Crippen LogP contribution in [0.2, 0.25) is 0 Å². The number of β-amino-alcohol motifs (C(OH)–C–C–N with tert-alkyl or cyclic N) is 1. The number of non-ortho nitro benzene ring substituents is 1. The van der Waals surface area contributed by atoms with E-state index in [4.69, 9.17) is 0 Å². The van der Waals surface area contributed by atoms with Gasteiger partial charge in [-0.15, -0.1) is 0 Å². The van der Waals surface area contributed by atoms with Gasteiger partial charge in [-0.3, -0.25) is 15.0 Å². The molecule has 1 saturated heterocycles. The third-order valence-electron chi connectivity index (χ3n) is 4.20. The van der Waals surface area contributed by atoms with E-state index in [0.29, 0.717) is 12.2 Å². The molecule has 0 aliphatic carbocycles. The van der Waals surface area contributed by atoms with E-state index in [2.05, 4.69) is 22.2 Å². The fourth-order valence-electron chi connectivity index (χ4n) is 2.70. The van der Waals surface area contributed by atoms with Crippen LogP contribution in [0.15, 0.2) is 24.3 Å². The predicted molar refractivity (Wildman–Crippen MR) is 94.7 cm³/mol. The Morgan fingerprint density at radius 2 is 2.08 bits per heavy atom. The second-order valence-corrected chi connectivity index (χ2v) is 6.38. The van der Waals surface area contributed by atoms with Gasteiger partial charge in [-0.2, -0.15) is 0 Å². The van der Waals surface area contributed by atoms with Crippen molar-refractivity contribution in [3.63, 3.8) is 0 Å². The minimum absolute atomic E-state index is 0.0874. The molecule has 0 bridgehead atoms. The molecule has 0 aromatic heterocycles. The van der Waals surface area contributed by atoms with Gasteiger partial charge in [-0.1, -0.05) is 6.07 Å². The van der Waals surface area contributed by atoms with Crippen LogP contribution in [-0.4, -0.2) is 90.2 Å². The molecule has 1 aliphatic rings. The number of hydrogen-bond acceptors (Lipinski definition) is 6. The van der Waals surface area contributed by atoms with Gasteiger partial charge in [0.15, 0.2) is 0 Å². The zero-order chi connectivity index (χ0) is 18.4. The molecule has 0 spiro atoms. The van der Waals surface area contributed by atoms with Crippen molar-refractivity contribution in [1.29, 1.82) is 0 Å². The zero-order valence-electron chi connectivity index (χ0n) is 14.6. The number of amides is 2. The molecule has 138 valence electrons. The zero-order valence-corrected chi connectivity index (χ0v) is 14.6. The van der Waals surface area contributed by atoms with Crippen LogP contribution in [0, 0.1) is 10.1 Å². The van der Waals surface area contributed by atoms with Crippen molar-refractivity contribution in [3.8, 4) is 0 Å². The smallest absolute Gasteiger partial charge is 0.321 e. The van der Waals surface area contributed by atoms with E-state index in [1.54, 1.807) is 13.1 Å². The van der Waals surface area contributed by atoms with Crippen LogP contribution in [0.4, 0.5) is 16.2 Å². The van der Waals surface area contributed by atoms with Gasteiger partial charge in [-0.05, 0) is 13.1 Å². The van der Waals surface area contributed by atoms with Crippen LogP contribution < -0.4 is 5.32 Å². The number of piperazine rings is 1. The van der Waals surface area contributed by atoms with Crippen molar-refractivity contribution >= 4 is 17.4 Å². The molecule has 1 heterocycles. The van der Waals surface area contributed by atoms with Gasteiger partial charge in [0.05, 0.1) is 11.0 Å². The first-order valence-electron chi connectivity index (χ1n) is 8.20. The third-order valence-corrected chi connectivity index (χ3v) is 4.20. The van der Waals surface area contributed by atoms with E-state index in [9.17, 15) is 20.0 Å². The Balaban J connectivity index is 1.81. The Hall–Kier alpha value is -2.23. The summed E-state index contributed by atoms with van der Waals surface area (Å²) in [6.07, 6.45) is -0.649. The summed E-state index contributed by atoms with van der Waals surface area (Å²) in [6, 6.07) is 5.33. The van der Waals surface area contributed by atoms with Crippen molar-refractivity contribution in [3.05, 3.63) is 34.4 Å². The van der Waals surface area contributed by atoms with Crippen LogP contribution in [0.1, 0.15) is 0 Å². The van der Waals surface area contributed by atoms with Crippen molar-refractivity contribution < 1.29 is 14.8 Å². The number of nitrogens with one attached hydrogen (secondary N) is 1. The number of carbonyl (C=O) groups is 1.